The third-order valence-electron chi connectivity index (χ3n) is 3.89. The molecule has 0 atom stereocenters. The molecule has 0 radical (unpaired) electrons. The van der Waals surface area contributed by atoms with E-state index in [0.29, 0.717) is 17.1 Å². The number of carbonyl (C=O) groups excluding carboxylic acids is 1. The van der Waals surface area contributed by atoms with Gasteiger partial charge in [0.05, 0.1) is 5.56 Å². The fraction of sp³-hybridized carbons (Fsp3) is 0.143. The lowest BCUT2D eigenvalue weighted by atomic mass is 10.1. The van der Waals surface area contributed by atoms with Gasteiger partial charge in [0, 0.05) is 23.6 Å². The number of amides is 1. The molecule has 3 nitrogen and oxygen atoms in total. The molecule has 0 bridgehead atoms. The largest absolute Gasteiger partial charge is 0.416 e. The Hall–Kier alpha value is -2.93. The van der Waals surface area contributed by atoms with Crippen molar-refractivity contribution in [1.29, 1.82) is 0 Å². The molecule has 7 heteroatoms. The highest BCUT2D eigenvalue weighted by atomic mass is 32.1. The highest BCUT2D eigenvalue weighted by molar-refractivity contribution is 7.15. The lowest BCUT2D eigenvalue weighted by Gasteiger charge is -2.07. The molecule has 0 saturated heterocycles. The van der Waals surface area contributed by atoms with Crippen molar-refractivity contribution in [2.24, 2.45) is 0 Å². The van der Waals surface area contributed by atoms with Crippen LogP contribution >= 0.6 is 11.3 Å². The minimum Gasteiger partial charge on any atom is -0.298 e. The highest BCUT2D eigenvalue weighted by Gasteiger charge is 2.30. The molecule has 2 aromatic carbocycles. The summed E-state index contributed by atoms with van der Waals surface area (Å²) in [4.78, 5) is 16.9. The van der Waals surface area contributed by atoms with Gasteiger partial charge < -0.3 is 0 Å². The SMILES string of the molecule is Cc1cccc(C=CC(=O)Nc2ncc(Cc3cccc(C(F)(F)F)c3)s2)c1. The van der Waals surface area contributed by atoms with Crippen LogP contribution in [0, 0.1) is 6.92 Å². The van der Waals surface area contributed by atoms with E-state index in [0.717, 1.165) is 28.1 Å². The monoisotopic (exact) mass is 402 g/mol. The lowest BCUT2D eigenvalue weighted by molar-refractivity contribution is -0.137. The quantitative estimate of drug-likeness (QED) is 0.555. The molecule has 144 valence electrons. The van der Waals surface area contributed by atoms with Crippen LogP contribution < -0.4 is 5.32 Å². The van der Waals surface area contributed by atoms with Crippen molar-refractivity contribution in [3.05, 3.63) is 87.9 Å². The fourth-order valence-electron chi connectivity index (χ4n) is 2.60. The van der Waals surface area contributed by atoms with Gasteiger partial charge in [-0.05, 0) is 30.2 Å². The van der Waals surface area contributed by atoms with Crippen molar-refractivity contribution < 1.29 is 18.0 Å². The molecule has 0 aliphatic heterocycles. The summed E-state index contributed by atoms with van der Waals surface area (Å²) in [6.45, 7) is 1.97. The Morgan fingerprint density at radius 1 is 1.18 bits per heavy atom. The van der Waals surface area contributed by atoms with E-state index in [4.69, 9.17) is 0 Å². The van der Waals surface area contributed by atoms with Gasteiger partial charge in [0.15, 0.2) is 5.13 Å². The number of rotatable bonds is 5. The molecule has 28 heavy (non-hydrogen) atoms. The smallest absolute Gasteiger partial charge is 0.298 e. The summed E-state index contributed by atoms with van der Waals surface area (Å²) in [7, 11) is 0. The lowest BCUT2D eigenvalue weighted by Crippen LogP contribution is -2.07. The molecule has 3 aromatic rings. The average molecular weight is 402 g/mol. The number of halogens is 3. The number of alkyl halides is 3. The second kappa shape index (κ2) is 8.39. The molecule has 0 aliphatic rings. The number of thiazole rings is 1. The second-order valence-corrected chi connectivity index (χ2v) is 7.36. The number of aryl methyl sites for hydroxylation is 1. The van der Waals surface area contributed by atoms with Gasteiger partial charge in [0.2, 0.25) is 5.91 Å². The summed E-state index contributed by atoms with van der Waals surface area (Å²) in [6.07, 6.45) is 0.635. The Balaban J connectivity index is 1.62. The van der Waals surface area contributed by atoms with Crippen LogP contribution in [0.3, 0.4) is 0 Å². The summed E-state index contributed by atoms with van der Waals surface area (Å²) >= 11 is 1.24. The van der Waals surface area contributed by atoms with Gasteiger partial charge in [-0.25, -0.2) is 4.98 Å². The molecule has 0 saturated carbocycles. The van der Waals surface area contributed by atoms with Crippen molar-refractivity contribution in [3.8, 4) is 0 Å². The first kappa shape index (κ1) is 19.8. The zero-order valence-corrected chi connectivity index (χ0v) is 15.8. The highest BCUT2D eigenvalue weighted by Crippen LogP contribution is 2.30. The van der Waals surface area contributed by atoms with Crippen LogP contribution in [0.25, 0.3) is 6.08 Å². The van der Waals surface area contributed by atoms with E-state index in [-0.39, 0.29) is 5.91 Å². The number of anilines is 1. The number of nitrogens with one attached hydrogen (secondary N) is 1. The van der Waals surface area contributed by atoms with Crippen molar-refractivity contribution in [1.82, 2.24) is 4.98 Å². The maximum absolute atomic E-state index is 12.8. The topological polar surface area (TPSA) is 42.0 Å². The molecule has 0 fully saturated rings. The zero-order valence-electron chi connectivity index (χ0n) is 15.0. The van der Waals surface area contributed by atoms with Crippen LogP contribution in [0.4, 0.5) is 18.3 Å². The van der Waals surface area contributed by atoms with Gasteiger partial charge in [-0.15, -0.1) is 11.3 Å². The summed E-state index contributed by atoms with van der Waals surface area (Å²) in [5, 5.41) is 3.07. The van der Waals surface area contributed by atoms with Crippen LogP contribution in [-0.4, -0.2) is 10.9 Å². The minimum atomic E-state index is -4.37. The summed E-state index contributed by atoms with van der Waals surface area (Å²) in [6, 6.07) is 12.9. The van der Waals surface area contributed by atoms with Crippen LogP contribution in [-0.2, 0) is 17.4 Å². The number of hydrogen-bond acceptors (Lipinski definition) is 3. The predicted octanol–water partition coefficient (Wildman–Crippen LogP) is 5.71. The molecular weight excluding hydrogens is 385 g/mol. The average Bonchev–Trinajstić information content (AvgIpc) is 3.06. The molecule has 3 rings (SSSR count). The Labute approximate surface area is 164 Å². The molecule has 1 heterocycles. The van der Waals surface area contributed by atoms with Crippen LogP contribution in [0.5, 0.6) is 0 Å². The first-order chi connectivity index (χ1) is 13.3. The second-order valence-electron chi connectivity index (χ2n) is 6.24. The summed E-state index contributed by atoms with van der Waals surface area (Å²) in [5.41, 5.74) is 1.88. The van der Waals surface area contributed by atoms with Gasteiger partial charge >= 0.3 is 6.18 Å². The first-order valence-corrected chi connectivity index (χ1v) is 9.28. The minimum absolute atomic E-state index is 0.316. The Kier molecular flexibility index (Phi) is 5.94. The number of aromatic nitrogens is 1. The molecule has 1 aromatic heterocycles. The third-order valence-corrected chi connectivity index (χ3v) is 4.80. The number of nitrogens with zero attached hydrogens (tertiary/aromatic N) is 1. The summed E-state index contributed by atoms with van der Waals surface area (Å²) in [5.74, 6) is -0.318. The van der Waals surface area contributed by atoms with E-state index in [2.05, 4.69) is 10.3 Å². The fourth-order valence-corrected chi connectivity index (χ4v) is 3.45. The Bertz CT molecular complexity index is 1010. The van der Waals surface area contributed by atoms with Crippen molar-refractivity contribution >= 4 is 28.5 Å². The molecule has 1 amide bonds. The Morgan fingerprint density at radius 3 is 2.71 bits per heavy atom. The van der Waals surface area contributed by atoms with E-state index in [1.54, 1.807) is 18.3 Å². The van der Waals surface area contributed by atoms with E-state index < -0.39 is 11.7 Å². The molecule has 1 N–H and O–H groups in total. The van der Waals surface area contributed by atoms with Crippen molar-refractivity contribution in [2.75, 3.05) is 5.32 Å². The Morgan fingerprint density at radius 2 is 1.96 bits per heavy atom. The van der Waals surface area contributed by atoms with E-state index in [1.165, 1.54) is 23.5 Å². The third kappa shape index (κ3) is 5.53. The number of benzene rings is 2. The normalized spacial score (nSPS) is 11.7. The number of carbonyl (C=O) groups is 1. The standard InChI is InChI=1S/C21H17F3N2OS/c1-14-4-2-5-15(10-14)8-9-19(27)26-20-25-13-18(28-20)12-16-6-3-7-17(11-16)21(22,23)24/h2-11,13H,12H2,1H3,(H,25,26,27). The van der Waals surface area contributed by atoms with Gasteiger partial charge in [-0.2, -0.15) is 13.2 Å². The molecule has 0 aliphatic carbocycles. The zero-order chi connectivity index (χ0) is 20.1. The van der Waals surface area contributed by atoms with Crippen LogP contribution in [0.2, 0.25) is 0 Å². The van der Waals surface area contributed by atoms with E-state index >= 15 is 0 Å². The maximum atomic E-state index is 12.8. The van der Waals surface area contributed by atoms with Gasteiger partial charge in [0.1, 0.15) is 0 Å². The molecule has 0 spiro atoms. The number of hydrogen-bond donors (Lipinski definition) is 1. The van der Waals surface area contributed by atoms with Crippen molar-refractivity contribution in [2.45, 2.75) is 19.5 Å². The van der Waals surface area contributed by atoms with Crippen molar-refractivity contribution in [3.63, 3.8) is 0 Å². The van der Waals surface area contributed by atoms with Gasteiger partial charge in [-0.3, -0.25) is 10.1 Å². The molecular formula is C21H17F3N2OS. The van der Waals surface area contributed by atoms with E-state index in [1.807, 2.05) is 31.2 Å². The van der Waals surface area contributed by atoms with Crippen LogP contribution in [0.15, 0.2) is 60.8 Å². The summed E-state index contributed by atoms with van der Waals surface area (Å²) < 4.78 is 38.4. The first-order valence-electron chi connectivity index (χ1n) is 8.46. The maximum Gasteiger partial charge on any atom is 0.416 e. The molecule has 0 unspecified atom stereocenters. The van der Waals surface area contributed by atoms with Gasteiger partial charge in [0.25, 0.3) is 0 Å². The van der Waals surface area contributed by atoms with Crippen LogP contribution in [0.1, 0.15) is 27.1 Å². The predicted molar refractivity (Wildman–Crippen MR) is 105 cm³/mol. The van der Waals surface area contributed by atoms with E-state index in [9.17, 15) is 18.0 Å². The van der Waals surface area contributed by atoms with Gasteiger partial charge in [-0.1, -0.05) is 48.0 Å².